The summed E-state index contributed by atoms with van der Waals surface area (Å²) in [5.74, 6) is -6.03. The van der Waals surface area contributed by atoms with E-state index in [0.717, 1.165) is 69.8 Å². The minimum atomic E-state index is -1.19. The van der Waals surface area contributed by atoms with Crippen molar-refractivity contribution in [1.29, 1.82) is 0 Å². The molecule has 0 aliphatic carbocycles. The number of ether oxygens (including phenoxy) is 3. The zero-order chi connectivity index (χ0) is 69.0. The lowest BCUT2D eigenvalue weighted by atomic mass is 10.0. The maximum atomic E-state index is 13.4. The molecule has 1 aliphatic rings. The molecule has 1 fully saturated rings. The lowest BCUT2D eigenvalue weighted by Crippen LogP contribution is -2.51. The van der Waals surface area contributed by atoms with Crippen LogP contribution in [-0.4, -0.2) is 153 Å². The number of unbranched alkanes of at least 4 members (excludes halogenated alkanes) is 34. The van der Waals surface area contributed by atoms with Crippen molar-refractivity contribution < 1.29 is 62.2 Å². The van der Waals surface area contributed by atoms with Gasteiger partial charge in [0.05, 0.1) is 39.3 Å². The van der Waals surface area contributed by atoms with Gasteiger partial charge in [-0.15, -0.1) is 0 Å². The average molecular weight is 1340 g/mol. The molecule has 21 nitrogen and oxygen atoms in total. The van der Waals surface area contributed by atoms with Crippen LogP contribution in [-0.2, 0) is 68.8 Å². The highest BCUT2D eigenvalue weighted by Crippen LogP contribution is 2.19. The first-order valence-electron chi connectivity index (χ1n) is 37.4. The number of esters is 2. The number of hydrogen-bond acceptors (Lipinski definition) is 13. The van der Waals surface area contributed by atoms with Gasteiger partial charge in [-0.2, -0.15) is 0 Å². The molecule has 1 aromatic rings. The first-order chi connectivity index (χ1) is 46.3. The molecule has 1 saturated heterocycles. The van der Waals surface area contributed by atoms with Crippen molar-refractivity contribution in [2.24, 2.45) is 0 Å². The van der Waals surface area contributed by atoms with E-state index in [1.165, 1.54) is 172 Å². The standard InChI is InChI=1S/C74H128N8O13/c1-4-7-10-13-15-17-19-21-23-25-27-29-31-33-35-41-50-81(51-42-36-34-32-30-28-26-24-22-20-18-16-14-11-8-5-2)71(89)61-93-60-69(87)77-55-65(83)75-54-66(84)78-58-70(88)82-52-44-47-64(82)73(91)79-56-67(85)76-57-68(86)80-63(74(92)94-53-43-37-12-9-6-3)48-49-72(90)95-59-62-45-39-38-40-46-62/h38-40,45-46,63-64H,4-37,41-44,47-61H2,1-3H3,(H,75,83)(H,76,85)(H,77,87)(H,78,84)(H,79,91)(H,80,86)/t63-,64-/m0/s1. The predicted octanol–water partition coefficient (Wildman–Crippen LogP) is 11.4. The summed E-state index contributed by atoms with van der Waals surface area (Å²) in [5, 5.41) is 14.7. The van der Waals surface area contributed by atoms with E-state index in [2.05, 4.69) is 52.7 Å². The maximum Gasteiger partial charge on any atom is 0.328 e. The molecule has 0 unspecified atom stereocenters. The van der Waals surface area contributed by atoms with Gasteiger partial charge in [-0.25, -0.2) is 4.79 Å². The SMILES string of the molecule is CCCCCCCCCCCCCCCCCCN(CCCCCCCCCCCCCCCCCC)C(=O)COCC(=O)NCC(=O)NCC(=O)NCC(=O)N1CCC[C@H]1C(=O)NCC(=O)NCC(=O)N[C@@H](CCC(=O)OCc1ccccc1)C(=O)OCCCCCCC. The van der Waals surface area contributed by atoms with Crippen LogP contribution in [0.2, 0.25) is 0 Å². The summed E-state index contributed by atoms with van der Waals surface area (Å²) in [5.41, 5.74) is 0.790. The van der Waals surface area contributed by atoms with Crippen LogP contribution in [0.4, 0.5) is 0 Å². The summed E-state index contributed by atoms with van der Waals surface area (Å²) in [6.45, 7) is 5.19. The van der Waals surface area contributed by atoms with E-state index in [4.69, 9.17) is 14.2 Å². The van der Waals surface area contributed by atoms with Gasteiger partial charge in [0.25, 0.3) is 0 Å². The first kappa shape index (κ1) is 85.0. The van der Waals surface area contributed by atoms with E-state index in [0.29, 0.717) is 32.4 Å². The third-order valence-corrected chi connectivity index (χ3v) is 17.4. The van der Waals surface area contributed by atoms with Crippen LogP contribution >= 0.6 is 0 Å². The van der Waals surface area contributed by atoms with Crippen molar-refractivity contribution in [2.45, 2.75) is 303 Å². The Morgan fingerprint density at radius 2 is 0.874 bits per heavy atom. The number of likely N-dealkylation sites (tertiary alicyclic amines) is 1. The molecule has 0 saturated carbocycles. The molecular formula is C74H128N8O13. The van der Waals surface area contributed by atoms with Crippen LogP contribution in [0.3, 0.4) is 0 Å². The fourth-order valence-corrected chi connectivity index (χ4v) is 11.6. The number of carbonyl (C=O) groups excluding carboxylic acids is 10. The summed E-state index contributed by atoms with van der Waals surface area (Å²) in [6.07, 6.45) is 46.0. The lowest BCUT2D eigenvalue weighted by Gasteiger charge is -2.24. The molecule has 0 bridgehead atoms. The van der Waals surface area contributed by atoms with Crippen LogP contribution in [0.1, 0.15) is 290 Å². The van der Waals surface area contributed by atoms with Gasteiger partial charge in [0.2, 0.25) is 47.3 Å². The Morgan fingerprint density at radius 1 is 0.463 bits per heavy atom. The Hall–Kier alpha value is -6.12. The van der Waals surface area contributed by atoms with Crippen LogP contribution < -0.4 is 31.9 Å². The fraction of sp³-hybridized carbons (Fsp3) is 0.784. The number of benzene rings is 1. The zero-order valence-corrected chi connectivity index (χ0v) is 59.2. The molecule has 542 valence electrons. The minimum absolute atomic E-state index is 0.0474. The summed E-state index contributed by atoms with van der Waals surface area (Å²) < 4.78 is 16.3. The number of amides is 8. The van der Waals surface area contributed by atoms with Crippen LogP contribution in [0.25, 0.3) is 0 Å². The van der Waals surface area contributed by atoms with Gasteiger partial charge >= 0.3 is 11.9 Å². The molecule has 1 aromatic carbocycles. The van der Waals surface area contributed by atoms with Crippen molar-refractivity contribution in [3.63, 3.8) is 0 Å². The molecular weight excluding hydrogens is 1210 g/mol. The minimum Gasteiger partial charge on any atom is -0.464 e. The molecule has 0 aromatic heterocycles. The second kappa shape index (κ2) is 59.2. The molecule has 8 amide bonds. The molecule has 0 radical (unpaired) electrons. The molecule has 2 atom stereocenters. The van der Waals surface area contributed by atoms with Gasteiger partial charge in [0.1, 0.15) is 31.9 Å². The second-order valence-corrected chi connectivity index (χ2v) is 25.9. The largest absolute Gasteiger partial charge is 0.464 e. The van der Waals surface area contributed by atoms with Gasteiger partial charge in [-0.3, -0.25) is 43.2 Å². The molecule has 95 heavy (non-hydrogen) atoms. The van der Waals surface area contributed by atoms with Crippen molar-refractivity contribution in [3.05, 3.63) is 35.9 Å². The van der Waals surface area contributed by atoms with E-state index < -0.39 is 105 Å². The number of hydrogen-bond donors (Lipinski definition) is 6. The average Bonchev–Trinajstić information content (AvgIpc) is 1.79. The van der Waals surface area contributed by atoms with E-state index in [1.807, 2.05) is 35.2 Å². The third kappa shape index (κ3) is 47.4. The Labute approximate surface area is 571 Å². The number of rotatable bonds is 62. The Kier molecular flexibility index (Phi) is 52.9. The monoisotopic (exact) mass is 1340 g/mol. The van der Waals surface area contributed by atoms with Gasteiger partial charge in [0.15, 0.2) is 0 Å². The van der Waals surface area contributed by atoms with E-state index in [9.17, 15) is 47.9 Å². The molecule has 6 N–H and O–H groups in total. The highest BCUT2D eigenvalue weighted by molar-refractivity contribution is 5.94. The zero-order valence-electron chi connectivity index (χ0n) is 59.2. The summed E-state index contributed by atoms with van der Waals surface area (Å²) >= 11 is 0. The highest BCUT2D eigenvalue weighted by atomic mass is 16.5. The smallest absolute Gasteiger partial charge is 0.328 e. The van der Waals surface area contributed by atoms with Crippen LogP contribution in [0.5, 0.6) is 0 Å². The fourth-order valence-electron chi connectivity index (χ4n) is 11.6. The van der Waals surface area contributed by atoms with Gasteiger partial charge in [-0.05, 0) is 44.1 Å². The van der Waals surface area contributed by atoms with E-state index >= 15 is 0 Å². The molecule has 0 spiro atoms. The van der Waals surface area contributed by atoms with Crippen LogP contribution in [0.15, 0.2) is 30.3 Å². The van der Waals surface area contributed by atoms with Crippen molar-refractivity contribution >= 4 is 59.2 Å². The quantitative estimate of drug-likeness (QED) is 0.0262. The van der Waals surface area contributed by atoms with E-state index in [1.54, 1.807) is 0 Å². The first-order valence-corrected chi connectivity index (χ1v) is 37.4. The molecule has 1 heterocycles. The summed E-state index contributed by atoms with van der Waals surface area (Å²) in [6, 6.07) is 6.97. The molecule has 2 rings (SSSR count). The van der Waals surface area contributed by atoms with E-state index in [-0.39, 0.29) is 45.1 Å². The van der Waals surface area contributed by atoms with Gasteiger partial charge in [0, 0.05) is 26.1 Å². The lowest BCUT2D eigenvalue weighted by molar-refractivity contribution is -0.149. The highest BCUT2D eigenvalue weighted by Gasteiger charge is 2.34. The Bertz CT molecular complexity index is 2200. The molecule has 21 heteroatoms. The normalized spacial score (nSPS) is 13.0. The third-order valence-electron chi connectivity index (χ3n) is 17.4. The van der Waals surface area contributed by atoms with Crippen molar-refractivity contribution in [3.8, 4) is 0 Å². The topological polar surface area (TPSA) is 277 Å². The van der Waals surface area contributed by atoms with Crippen molar-refractivity contribution in [1.82, 2.24) is 41.7 Å². The predicted molar refractivity (Wildman–Crippen MR) is 373 cm³/mol. The van der Waals surface area contributed by atoms with Gasteiger partial charge in [-0.1, -0.05) is 269 Å². The van der Waals surface area contributed by atoms with Crippen LogP contribution in [0, 0.1) is 0 Å². The number of nitrogens with one attached hydrogen (secondary N) is 6. The Balaban J connectivity index is 1.70. The summed E-state index contributed by atoms with van der Waals surface area (Å²) in [4.78, 5) is 132. The van der Waals surface area contributed by atoms with Gasteiger partial charge < -0.3 is 55.9 Å². The summed E-state index contributed by atoms with van der Waals surface area (Å²) in [7, 11) is 0. The maximum absolute atomic E-state index is 13.4. The number of nitrogens with zero attached hydrogens (tertiary/aromatic N) is 2. The number of carbonyl (C=O) groups is 10. The molecule has 1 aliphatic heterocycles. The van der Waals surface area contributed by atoms with Crippen molar-refractivity contribution in [2.75, 3.05) is 72.2 Å². The second-order valence-electron chi connectivity index (χ2n) is 25.9. The Morgan fingerprint density at radius 3 is 1.35 bits per heavy atom.